The molecule has 1 aromatic carbocycles. The quantitative estimate of drug-likeness (QED) is 0.697. The molecule has 0 saturated heterocycles. The van der Waals surface area contributed by atoms with Gasteiger partial charge >= 0.3 is 5.69 Å². The van der Waals surface area contributed by atoms with E-state index in [2.05, 4.69) is 16.0 Å². The Morgan fingerprint density at radius 3 is 2.78 bits per heavy atom. The van der Waals surface area contributed by atoms with Crippen LogP contribution < -0.4 is 11.2 Å². The summed E-state index contributed by atoms with van der Waals surface area (Å²) in [4.78, 5) is 30.2. The SMILES string of the molecule is Cn1c(=O)[nH]c(=O)c2c1nc(CO)n2Cc1ccccc1C#N. The lowest BCUT2D eigenvalue weighted by Gasteiger charge is -2.09. The van der Waals surface area contributed by atoms with Crippen LogP contribution in [0.5, 0.6) is 0 Å². The number of nitrogens with one attached hydrogen (secondary N) is 1. The third kappa shape index (κ3) is 2.33. The van der Waals surface area contributed by atoms with Gasteiger partial charge in [0.1, 0.15) is 12.4 Å². The first-order chi connectivity index (χ1) is 11.1. The van der Waals surface area contributed by atoms with Crippen LogP contribution in [0, 0.1) is 11.3 Å². The maximum atomic E-state index is 12.2. The Bertz CT molecular complexity index is 1050. The Kier molecular flexibility index (Phi) is 3.56. The number of fused-ring (bicyclic) bond motifs is 1. The molecule has 23 heavy (non-hydrogen) atoms. The molecule has 3 rings (SSSR count). The highest BCUT2D eigenvalue weighted by atomic mass is 16.3. The number of aliphatic hydroxyl groups excluding tert-OH is 1. The van der Waals surface area contributed by atoms with Gasteiger partial charge in [-0.2, -0.15) is 5.26 Å². The van der Waals surface area contributed by atoms with Gasteiger partial charge in [0.15, 0.2) is 11.2 Å². The van der Waals surface area contributed by atoms with Crippen molar-refractivity contribution in [3.63, 3.8) is 0 Å². The highest BCUT2D eigenvalue weighted by molar-refractivity contribution is 5.71. The highest BCUT2D eigenvalue weighted by Gasteiger charge is 2.17. The summed E-state index contributed by atoms with van der Waals surface area (Å²) in [6, 6.07) is 9.06. The number of aliphatic hydroxyl groups is 1. The Morgan fingerprint density at radius 2 is 2.09 bits per heavy atom. The van der Waals surface area contributed by atoms with Gasteiger partial charge in [0.2, 0.25) is 0 Å². The number of aryl methyl sites for hydroxylation is 1. The van der Waals surface area contributed by atoms with Crippen molar-refractivity contribution in [2.24, 2.45) is 7.05 Å². The number of rotatable bonds is 3. The molecule has 8 heteroatoms. The van der Waals surface area contributed by atoms with E-state index in [0.29, 0.717) is 11.1 Å². The minimum Gasteiger partial charge on any atom is -0.388 e. The summed E-state index contributed by atoms with van der Waals surface area (Å²) in [5.74, 6) is 0.249. The molecule has 0 amide bonds. The molecule has 2 N–H and O–H groups in total. The monoisotopic (exact) mass is 311 g/mol. The second kappa shape index (κ2) is 5.55. The second-order valence-corrected chi connectivity index (χ2v) is 5.03. The first-order valence-electron chi connectivity index (χ1n) is 6.84. The number of imidazole rings is 1. The zero-order valence-electron chi connectivity index (χ0n) is 12.3. The molecule has 0 aliphatic rings. The van der Waals surface area contributed by atoms with Crippen LogP contribution in [0.3, 0.4) is 0 Å². The lowest BCUT2D eigenvalue weighted by atomic mass is 10.1. The van der Waals surface area contributed by atoms with Crippen LogP contribution in [0.4, 0.5) is 0 Å². The summed E-state index contributed by atoms with van der Waals surface area (Å²) < 4.78 is 2.73. The number of H-pyrrole nitrogens is 1. The molecule has 0 aliphatic heterocycles. The summed E-state index contributed by atoms with van der Waals surface area (Å²) in [6.07, 6.45) is 0. The van der Waals surface area contributed by atoms with Crippen molar-refractivity contribution in [2.45, 2.75) is 13.2 Å². The van der Waals surface area contributed by atoms with Crippen LogP contribution in [-0.2, 0) is 20.2 Å². The van der Waals surface area contributed by atoms with E-state index in [9.17, 15) is 20.0 Å². The molecule has 0 unspecified atom stereocenters. The highest BCUT2D eigenvalue weighted by Crippen LogP contribution is 2.16. The van der Waals surface area contributed by atoms with Gasteiger partial charge in [-0.3, -0.25) is 14.3 Å². The van der Waals surface area contributed by atoms with E-state index in [0.717, 1.165) is 0 Å². The first-order valence-corrected chi connectivity index (χ1v) is 6.84. The van der Waals surface area contributed by atoms with Crippen LogP contribution in [0.1, 0.15) is 17.0 Å². The van der Waals surface area contributed by atoms with Gasteiger partial charge in [-0.25, -0.2) is 9.78 Å². The average Bonchev–Trinajstić information content (AvgIpc) is 2.92. The van der Waals surface area contributed by atoms with Crippen molar-refractivity contribution in [3.05, 3.63) is 62.1 Å². The van der Waals surface area contributed by atoms with Crippen molar-refractivity contribution in [2.75, 3.05) is 0 Å². The fraction of sp³-hybridized carbons (Fsp3) is 0.200. The Balaban J connectivity index is 2.29. The second-order valence-electron chi connectivity index (χ2n) is 5.03. The number of hydrogen-bond acceptors (Lipinski definition) is 5. The predicted octanol–water partition coefficient (Wildman–Crippen LogP) is -0.164. The van der Waals surface area contributed by atoms with E-state index in [1.54, 1.807) is 24.3 Å². The van der Waals surface area contributed by atoms with E-state index < -0.39 is 17.9 Å². The number of hydrogen-bond donors (Lipinski definition) is 2. The van der Waals surface area contributed by atoms with Crippen molar-refractivity contribution >= 4 is 11.2 Å². The third-order valence-electron chi connectivity index (χ3n) is 3.69. The van der Waals surface area contributed by atoms with Crippen LogP contribution in [0.25, 0.3) is 11.2 Å². The van der Waals surface area contributed by atoms with Crippen molar-refractivity contribution in [1.82, 2.24) is 19.1 Å². The topological polar surface area (TPSA) is 117 Å². The molecule has 0 spiro atoms. The molecule has 116 valence electrons. The largest absolute Gasteiger partial charge is 0.388 e. The van der Waals surface area contributed by atoms with Crippen molar-refractivity contribution in [1.29, 1.82) is 5.26 Å². The van der Waals surface area contributed by atoms with Crippen LogP contribution in [-0.4, -0.2) is 24.2 Å². The van der Waals surface area contributed by atoms with Gasteiger partial charge in [0.25, 0.3) is 5.56 Å². The van der Waals surface area contributed by atoms with E-state index in [-0.39, 0.29) is 23.5 Å². The maximum absolute atomic E-state index is 12.2. The Hall–Kier alpha value is -3.18. The minimum atomic E-state index is -0.579. The number of aromatic nitrogens is 4. The van der Waals surface area contributed by atoms with E-state index in [1.165, 1.54) is 16.2 Å². The predicted molar refractivity (Wildman–Crippen MR) is 81.8 cm³/mol. The molecular weight excluding hydrogens is 298 g/mol. The van der Waals surface area contributed by atoms with Gasteiger partial charge in [-0.05, 0) is 11.6 Å². The van der Waals surface area contributed by atoms with Gasteiger partial charge < -0.3 is 9.67 Å². The van der Waals surface area contributed by atoms with Crippen LogP contribution in [0.2, 0.25) is 0 Å². The zero-order chi connectivity index (χ0) is 16.6. The maximum Gasteiger partial charge on any atom is 0.329 e. The first kappa shape index (κ1) is 14.7. The molecule has 0 fully saturated rings. The fourth-order valence-corrected chi connectivity index (χ4v) is 2.51. The summed E-state index contributed by atoms with van der Waals surface area (Å²) in [6.45, 7) is -0.200. The molecule has 0 atom stereocenters. The van der Waals surface area contributed by atoms with E-state index in [1.807, 2.05) is 0 Å². The lowest BCUT2D eigenvalue weighted by molar-refractivity contribution is 0.267. The van der Waals surface area contributed by atoms with Crippen molar-refractivity contribution in [3.8, 4) is 6.07 Å². The molecule has 2 heterocycles. The number of benzene rings is 1. The molecule has 3 aromatic rings. The van der Waals surface area contributed by atoms with Gasteiger partial charge in [-0.15, -0.1) is 0 Å². The van der Waals surface area contributed by atoms with Crippen molar-refractivity contribution < 1.29 is 5.11 Å². The molecular formula is C15H13N5O3. The number of aromatic amines is 1. The summed E-state index contributed by atoms with van der Waals surface area (Å²) in [5, 5.41) is 18.7. The number of nitriles is 1. The summed E-state index contributed by atoms with van der Waals surface area (Å²) in [7, 11) is 1.49. The average molecular weight is 311 g/mol. The molecule has 2 aromatic heterocycles. The summed E-state index contributed by atoms with van der Waals surface area (Å²) >= 11 is 0. The molecule has 0 radical (unpaired) electrons. The molecule has 0 saturated carbocycles. The van der Waals surface area contributed by atoms with Gasteiger partial charge in [0.05, 0.1) is 18.2 Å². The number of nitrogens with zero attached hydrogens (tertiary/aromatic N) is 4. The Morgan fingerprint density at radius 1 is 1.35 bits per heavy atom. The summed E-state index contributed by atoms with van der Waals surface area (Å²) in [5.41, 5.74) is 0.386. The van der Waals surface area contributed by atoms with E-state index in [4.69, 9.17) is 0 Å². The smallest absolute Gasteiger partial charge is 0.329 e. The van der Waals surface area contributed by atoms with Gasteiger partial charge in [0, 0.05) is 7.05 Å². The van der Waals surface area contributed by atoms with Crippen LogP contribution in [0.15, 0.2) is 33.9 Å². The molecule has 0 bridgehead atoms. The van der Waals surface area contributed by atoms with Gasteiger partial charge in [-0.1, -0.05) is 18.2 Å². The Labute approximate surface area is 129 Å². The standard InChI is InChI=1S/C15H13N5O3/c1-19-13-12(14(22)18-15(19)23)20(11(8-21)17-13)7-10-5-3-2-4-9(10)6-16/h2-5,21H,7-8H2,1H3,(H,18,22,23). The lowest BCUT2D eigenvalue weighted by Crippen LogP contribution is -2.29. The van der Waals surface area contributed by atoms with Crippen LogP contribution >= 0.6 is 0 Å². The fourth-order valence-electron chi connectivity index (χ4n) is 2.51. The normalized spacial score (nSPS) is 10.8. The minimum absolute atomic E-state index is 0.184. The molecule has 8 nitrogen and oxygen atoms in total. The zero-order valence-corrected chi connectivity index (χ0v) is 12.3. The molecule has 0 aliphatic carbocycles. The third-order valence-corrected chi connectivity index (χ3v) is 3.69. The van der Waals surface area contributed by atoms with E-state index >= 15 is 0 Å².